The quantitative estimate of drug-likeness (QED) is 0.299. The molecule has 1 fully saturated rings. The summed E-state index contributed by atoms with van der Waals surface area (Å²) >= 11 is 0. The average Bonchev–Trinajstić information content (AvgIpc) is 2.41. The van der Waals surface area contributed by atoms with E-state index in [1.54, 1.807) is 0 Å². The number of rotatable bonds is 8. The van der Waals surface area contributed by atoms with Gasteiger partial charge in [-0.1, -0.05) is 19.8 Å². The first-order valence-electron chi connectivity index (χ1n) is 7.12. The van der Waals surface area contributed by atoms with E-state index in [0.29, 0.717) is 6.61 Å². The summed E-state index contributed by atoms with van der Waals surface area (Å²) in [5, 5.41) is 29.4. The summed E-state index contributed by atoms with van der Waals surface area (Å²) in [6.45, 7) is 2.37. The van der Waals surface area contributed by atoms with Crippen LogP contribution in [0.3, 0.4) is 0 Å². The molecule has 0 radical (unpaired) electrons. The zero-order valence-corrected chi connectivity index (χ0v) is 12.9. The van der Waals surface area contributed by atoms with E-state index >= 15 is 0 Å². The van der Waals surface area contributed by atoms with Crippen molar-refractivity contribution in [2.24, 2.45) is 0 Å². The minimum Gasteiger partial charge on any atom is -0.388 e. The maximum Gasteiger partial charge on any atom is 0.325 e. The summed E-state index contributed by atoms with van der Waals surface area (Å²) in [6.07, 6.45) is -4.26. The van der Waals surface area contributed by atoms with Gasteiger partial charge < -0.3 is 34.6 Å². The zero-order valence-electron chi connectivity index (χ0n) is 12.0. The average molecular weight is 328 g/mol. The maximum absolute atomic E-state index is 10.9. The smallest absolute Gasteiger partial charge is 0.325 e. The van der Waals surface area contributed by atoms with E-state index in [1.807, 2.05) is 6.92 Å². The van der Waals surface area contributed by atoms with E-state index in [-0.39, 0.29) is 6.42 Å². The molecule has 1 rings (SSSR count). The highest BCUT2D eigenvalue weighted by molar-refractivity contribution is 7.51. The van der Waals surface area contributed by atoms with Crippen molar-refractivity contribution in [3.8, 4) is 0 Å². The zero-order chi connectivity index (χ0) is 16.0. The second-order valence-electron chi connectivity index (χ2n) is 5.27. The number of hydrogen-bond acceptors (Lipinski definition) is 6. The summed E-state index contributed by atoms with van der Waals surface area (Å²) in [7, 11) is -4.22. The molecule has 0 aromatic heterocycles. The van der Waals surface area contributed by atoms with Crippen molar-refractivity contribution in [3.05, 3.63) is 0 Å². The number of unbranched alkanes of at least 4 members (excludes halogenated alkanes) is 2. The lowest BCUT2D eigenvalue weighted by Gasteiger charge is -2.40. The van der Waals surface area contributed by atoms with Gasteiger partial charge >= 0.3 is 7.60 Å². The first kappa shape index (κ1) is 19.0. The predicted molar refractivity (Wildman–Crippen MR) is 73.7 cm³/mol. The van der Waals surface area contributed by atoms with Crippen LogP contribution in [0.15, 0.2) is 0 Å². The van der Waals surface area contributed by atoms with E-state index in [4.69, 9.17) is 19.3 Å². The van der Waals surface area contributed by atoms with E-state index in [0.717, 1.165) is 19.3 Å². The van der Waals surface area contributed by atoms with Crippen molar-refractivity contribution in [1.82, 2.24) is 0 Å². The van der Waals surface area contributed by atoms with Crippen LogP contribution in [-0.4, -0.2) is 68.6 Å². The van der Waals surface area contributed by atoms with Crippen molar-refractivity contribution in [1.29, 1.82) is 0 Å². The number of aliphatic hydroxyl groups excluding tert-OH is 3. The third kappa shape index (κ3) is 6.30. The largest absolute Gasteiger partial charge is 0.388 e. The molecule has 21 heavy (non-hydrogen) atoms. The molecule has 1 saturated heterocycles. The monoisotopic (exact) mass is 328 g/mol. The molecule has 9 heteroatoms. The van der Waals surface area contributed by atoms with Crippen LogP contribution in [0.1, 0.15) is 32.6 Å². The second-order valence-corrected chi connectivity index (χ2v) is 7.05. The molecule has 1 heterocycles. The Labute approximate surface area is 123 Å². The van der Waals surface area contributed by atoms with Gasteiger partial charge in [0, 0.05) is 6.61 Å². The molecule has 1 aliphatic rings. The molecule has 0 aliphatic carbocycles. The summed E-state index contributed by atoms with van der Waals surface area (Å²) in [4.78, 5) is 17.7. The minimum atomic E-state index is -4.22. The lowest BCUT2D eigenvalue weighted by Crippen LogP contribution is -2.58. The Morgan fingerprint density at radius 1 is 1.10 bits per heavy atom. The van der Waals surface area contributed by atoms with Crippen molar-refractivity contribution < 1.29 is 39.1 Å². The molecule has 0 spiro atoms. The summed E-state index contributed by atoms with van der Waals surface area (Å²) in [6, 6.07) is 0. The van der Waals surface area contributed by atoms with Gasteiger partial charge in [0.2, 0.25) is 0 Å². The third-order valence-corrected chi connectivity index (χ3v) is 4.24. The minimum absolute atomic E-state index is 0.135. The Bertz CT molecular complexity index is 346. The number of ether oxygens (including phenoxy) is 2. The molecular formula is C12H25O8P. The van der Waals surface area contributed by atoms with Crippen LogP contribution in [0.2, 0.25) is 0 Å². The molecule has 8 nitrogen and oxygen atoms in total. The highest BCUT2D eigenvalue weighted by Gasteiger charge is 2.44. The van der Waals surface area contributed by atoms with Gasteiger partial charge in [0.1, 0.15) is 18.3 Å². The Kier molecular flexibility index (Phi) is 7.73. The second kappa shape index (κ2) is 8.55. The molecule has 0 aromatic carbocycles. The molecule has 5 N–H and O–H groups in total. The van der Waals surface area contributed by atoms with Gasteiger partial charge in [-0.05, 0) is 12.8 Å². The predicted octanol–water partition coefficient (Wildman–Crippen LogP) is -0.431. The van der Waals surface area contributed by atoms with Gasteiger partial charge in [0.05, 0.1) is 12.3 Å². The fourth-order valence-electron chi connectivity index (χ4n) is 2.14. The molecule has 0 bridgehead atoms. The van der Waals surface area contributed by atoms with Crippen LogP contribution in [0.5, 0.6) is 0 Å². The van der Waals surface area contributed by atoms with Crippen molar-refractivity contribution in [2.45, 2.75) is 63.3 Å². The standard InChI is InChI=1S/C12H25O8P/c1-2-3-4-6-19-12-11(15)10(14)9(13)8(20-12)5-7-21(16,17)18/h8-15H,2-7H2,1H3,(H2,16,17,18). The fourth-order valence-corrected chi connectivity index (χ4v) is 2.73. The molecule has 1 aliphatic heterocycles. The van der Waals surface area contributed by atoms with E-state index in [9.17, 15) is 19.9 Å². The number of hydrogen-bond donors (Lipinski definition) is 5. The molecule has 5 unspecified atom stereocenters. The van der Waals surface area contributed by atoms with Crippen LogP contribution in [-0.2, 0) is 14.0 Å². The van der Waals surface area contributed by atoms with Crippen LogP contribution >= 0.6 is 7.60 Å². The molecular weight excluding hydrogens is 303 g/mol. The van der Waals surface area contributed by atoms with E-state index < -0.39 is 44.5 Å². The van der Waals surface area contributed by atoms with Crippen LogP contribution in [0.25, 0.3) is 0 Å². The van der Waals surface area contributed by atoms with Crippen LogP contribution in [0.4, 0.5) is 0 Å². The van der Waals surface area contributed by atoms with E-state index in [2.05, 4.69) is 0 Å². The topological polar surface area (TPSA) is 137 Å². The van der Waals surface area contributed by atoms with Gasteiger partial charge in [-0.15, -0.1) is 0 Å². The van der Waals surface area contributed by atoms with Gasteiger partial charge in [-0.2, -0.15) is 0 Å². The Morgan fingerprint density at radius 3 is 2.33 bits per heavy atom. The summed E-state index contributed by atoms with van der Waals surface area (Å²) < 4.78 is 21.5. The molecule has 126 valence electrons. The SMILES string of the molecule is CCCCCOC1OC(CCP(=O)(O)O)C(O)C(O)C1O. The van der Waals surface area contributed by atoms with Gasteiger partial charge in [0.15, 0.2) is 6.29 Å². The lowest BCUT2D eigenvalue weighted by molar-refractivity contribution is -0.297. The first-order chi connectivity index (χ1) is 9.76. The van der Waals surface area contributed by atoms with Gasteiger partial charge in [0.25, 0.3) is 0 Å². The highest BCUT2D eigenvalue weighted by Crippen LogP contribution is 2.37. The highest BCUT2D eigenvalue weighted by atomic mass is 31.2. The maximum atomic E-state index is 10.9. The summed E-state index contributed by atoms with van der Waals surface area (Å²) in [5.41, 5.74) is 0. The van der Waals surface area contributed by atoms with Crippen molar-refractivity contribution >= 4 is 7.60 Å². The van der Waals surface area contributed by atoms with Crippen molar-refractivity contribution in [2.75, 3.05) is 12.8 Å². The number of aliphatic hydroxyl groups is 3. The molecule has 0 amide bonds. The van der Waals surface area contributed by atoms with Gasteiger partial charge in [-0.25, -0.2) is 0 Å². The molecule has 0 saturated carbocycles. The Hall–Kier alpha value is -0.0500. The molecule has 5 atom stereocenters. The van der Waals surface area contributed by atoms with E-state index in [1.165, 1.54) is 0 Å². The first-order valence-corrected chi connectivity index (χ1v) is 8.92. The lowest BCUT2D eigenvalue weighted by atomic mass is 9.97. The third-order valence-electron chi connectivity index (χ3n) is 3.40. The molecule has 0 aromatic rings. The Morgan fingerprint density at radius 2 is 1.76 bits per heavy atom. The van der Waals surface area contributed by atoms with Crippen LogP contribution < -0.4 is 0 Å². The van der Waals surface area contributed by atoms with Crippen molar-refractivity contribution in [3.63, 3.8) is 0 Å². The Balaban J connectivity index is 2.54. The fraction of sp³-hybridized carbons (Fsp3) is 1.00. The summed E-state index contributed by atoms with van der Waals surface area (Å²) in [5.74, 6) is 0. The normalized spacial score (nSPS) is 34.1. The van der Waals surface area contributed by atoms with Crippen LogP contribution in [0, 0.1) is 0 Å². The van der Waals surface area contributed by atoms with Gasteiger partial charge in [-0.3, -0.25) is 4.57 Å².